The van der Waals surface area contributed by atoms with Gasteiger partial charge in [-0.25, -0.2) is 4.68 Å². The number of aromatic nitrogens is 3. The Morgan fingerprint density at radius 3 is 2.47 bits per heavy atom. The lowest BCUT2D eigenvalue weighted by atomic mass is 9.94. The monoisotopic (exact) mass is 404 g/mol. The number of nitrogens with zero attached hydrogens (tertiary/aromatic N) is 4. The molecule has 4 rings (SSSR count). The Balaban J connectivity index is 1.70. The number of carbonyl (C=O) groups excluding carboxylic acids is 1. The van der Waals surface area contributed by atoms with Crippen LogP contribution in [0.2, 0.25) is 0 Å². The van der Waals surface area contributed by atoms with Gasteiger partial charge in [0.15, 0.2) is 0 Å². The van der Waals surface area contributed by atoms with Gasteiger partial charge in [-0.2, -0.15) is 10.1 Å². The average molecular weight is 404 g/mol. The number of carbonyl (C=O) groups is 1. The largest absolute Gasteiger partial charge is 0.497 e. The molecule has 0 aliphatic carbocycles. The molecule has 3 aromatic rings. The Kier molecular flexibility index (Phi) is 5.14. The highest BCUT2D eigenvalue weighted by molar-refractivity contribution is 6.06. The van der Waals surface area contributed by atoms with Crippen molar-refractivity contribution in [2.45, 2.75) is 13.0 Å². The molecule has 1 aromatic heterocycles. The second kappa shape index (κ2) is 7.90. The number of hydrogen-bond acceptors (Lipinski definition) is 6. The third kappa shape index (κ3) is 3.59. The van der Waals surface area contributed by atoms with Crippen molar-refractivity contribution < 1.29 is 9.53 Å². The molecule has 2 aromatic carbocycles. The second-order valence-corrected chi connectivity index (χ2v) is 7.26. The van der Waals surface area contributed by atoms with Gasteiger partial charge in [0.05, 0.1) is 12.7 Å². The van der Waals surface area contributed by atoms with E-state index in [1.165, 1.54) is 6.33 Å². The highest BCUT2D eigenvalue weighted by atomic mass is 16.5. The molecule has 1 aliphatic heterocycles. The molecule has 0 spiro atoms. The van der Waals surface area contributed by atoms with E-state index in [2.05, 4.69) is 20.7 Å². The van der Waals surface area contributed by atoms with Crippen LogP contribution in [-0.2, 0) is 4.79 Å². The minimum Gasteiger partial charge on any atom is -0.497 e. The molecule has 154 valence electrons. The molecule has 2 heterocycles. The summed E-state index contributed by atoms with van der Waals surface area (Å²) in [4.78, 5) is 19.6. The summed E-state index contributed by atoms with van der Waals surface area (Å²) in [5.41, 5.74) is 4.04. The number of allylic oxidation sites excluding steroid dienone is 1. The lowest BCUT2D eigenvalue weighted by molar-refractivity contribution is -0.113. The van der Waals surface area contributed by atoms with Crippen LogP contribution in [-0.4, -0.2) is 41.9 Å². The maximum Gasteiger partial charge on any atom is 0.255 e. The first-order chi connectivity index (χ1) is 14.5. The van der Waals surface area contributed by atoms with Crippen molar-refractivity contribution in [3.05, 3.63) is 71.7 Å². The molecular formula is C22H24N6O2. The van der Waals surface area contributed by atoms with E-state index in [9.17, 15) is 4.79 Å². The van der Waals surface area contributed by atoms with Crippen LogP contribution in [0, 0.1) is 0 Å². The van der Waals surface area contributed by atoms with Crippen LogP contribution < -0.4 is 20.3 Å². The molecule has 1 amide bonds. The first-order valence-corrected chi connectivity index (χ1v) is 9.58. The number of fused-ring (bicyclic) bond motifs is 1. The van der Waals surface area contributed by atoms with Gasteiger partial charge >= 0.3 is 0 Å². The Morgan fingerprint density at radius 2 is 1.83 bits per heavy atom. The van der Waals surface area contributed by atoms with Gasteiger partial charge in [0.2, 0.25) is 5.95 Å². The van der Waals surface area contributed by atoms with E-state index in [0.717, 1.165) is 22.7 Å². The van der Waals surface area contributed by atoms with Crippen LogP contribution in [0.3, 0.4) is 0 Å². The van der Waals surface area contributed by atoms with E-state index in [1.807, 2.05) is 74.4 Å². The Morgan fingerprint density at radius 1 is 1.13 bits per heavy atom. The summed E-state index contributed by atoms with van der Waals surface area (Å²) < 4.78 is 6.92. The van der Waals surface area contributed by atoms with E-state index in [-0.39, 0.29) is 5.91 Å². The molecule has 2 N–H and O–H groups in total. The zero-order chi connectivity index (χ0) is 21.3. The highest BCUT2D eigenvalue weighted by Crippen LogP contribution is 2.35. The first kappa shape index (κ1) is 19.5. The van der Waals surface area contributed by atoms with E-state index >= 15 is 0 Å². The zero-order valence-electron chi connectivity index (χ0n) is 17.4. The van der Waals surface area contributed by atoms with Crippen molar-refractivity contribution in [1.82, 2.24) is 14.8 Å². The molecule has 30 heavy (non-hydrogen) atoms. The third-order valence-corrected chi connectivity index (χ3v) is 5.11. The van der Waals surface area contributed by atoms with Crippen molar-refractivity contribution in [1.29, 1.82) is 0 Å². The number of amides is 1. The van der Waals surface area contributed by atoms with Crippen LogP contribution >= 0.6 is 0 Å². The summed E-state index contributed by atoms with van der Waals surface area (Å²) in [6.45, 7) is 1.88. The van der Waals surface area contributed by atoms with E-state index in [0.29, 0.717) is 17.2 Å². The van der Waals surface area contributed by atoms with Crippen LogP contribution in [0.25, 0.3) is 0 Å². The van der Waals surface area contributed by atoms with Gasteiger partial charge in [-0.1, -0.05) is 12.1 Å². The van der Waals surface area contributed by atoms with Gasteiger partial charge < -0.3 is 20.3 Å². The summed E-state index contributed by atoms with van der Waals surface area (Å²) >= 11 is 0. The molecule has 0 saturated heterocycles. The lowest BCUT2D eigenvalue weighted by Gasteiger charge is -2.29. The van der Waals surface area contributed by atoms with Crippen molar-refractivity contribution in [2.24, 2.45) is 0 Å². The molecule has 1 aliphatic rings. The number of ether oxygens (including phenoxy) is 1. The second-order valence-electron chi connectivity index (χ2n) is 7.26. The summed E-state index contributed by atoms with van der Waals surface area (Å²) in [6.07, 6.45) is 1.49. The molecule has 0 unspecified atom stereocenters. The molecule has 0 fully saturated rings. The number of rotatable bonds is 5. The normalized spacial score (nSPS) is 15.3. The minimum absolute atomic E-state index is 0.201. The first-order valence-electron chi connectivity index (χ1n) is 9.58. The Hall–Kier alpha value is -3.81. The number of benzene rings is 2. The minimum atomic E-state index is -0.391. The fourth-order valence-electron chi connectivity index (χ4n) is 3.52. The number of methoxy groups -OCH3 is 1. The summed E-state index contributed by atoms with van der Waals surface area (Å²) in [5, 5.41) is 10.5. The molecule has 0 radical (unpaired) electrons. The number of nitrogens with one attached hydrogen (secondary N) is 2. The van der Waals surface area contributed by atoms with Gasteiger partial charge in [-0.3, -0.25) is 4.79 Å². The number of anilines is 3. The quantitative estimate of drug-likeness (QED) is 0.679. The number of hydrogen-bond donors (Lipinski definition) is 2. The summed E-state index contributed by atoms with van der Waals surface area (Å²) in [7, 11) is 5.59. The van der Waals surface area contributed by atoms with E-state index < -0.39 is 6.04 Å². The predicted octanol–water partition coefficient (Wildman–Crippen LogP) is 3.28. The topological polar surface area (TPSA) is 84.3 Å². The van der Waals surface area contributed by atoms with Crippen LogP contribution in [0.4, 0.5) is 17.3 Å². The van der Waals surface area contributed by atoms with Gasteiger partial charge in [0, 0.05) is 31.2 Å². The average Bonchev–Trinajstić information content (AvgIpc) is 3.21. The maximum absolute atomic E-state index is 13.3. The fraction of sp³-hybridized carbons (Fsp3) is 0.227. The van der Waals surface area contributed by atoms with Gasteiger partial charge in [0.25, 0.3) is 5.91 Å². The molecule has 0 bridgehead atoms. The smallest absolute Gasteiger partial charge is 0.255 e. The molecular weight excluding hydrogens is 380 g/mol. The fourth-order valence-corrected chi connectivity index (χ4v) is 3.52. The molecule has 8 heteroatoms. The SMILES string of the molecule is COc1ccc(NC(=O)C2=C(C)Nc3ncnn3[C@@H]2c2ccc(N(C)C)cc2)cc1. The van der Waals surface area contributed by atoms with Crippen molar-refractivity contribution in [3.8, 4) is 5.75 Å². The van der Waals surface area contributed by atoms with E-state index in [1.54, 1.807) is 11.8 Å². The van der Waals surface area contributed by atoms with Crippen molar-refractivity contribution in [2.75, 3.05) is 36.7 Å². The lowest BCUT2D eigenvalue weighted by Crippen LogP contribution is -2.31. The molecule has 1 atom stereocenters. The van der Waals surface area contributed by atoms with Gasteiger partial charge in [-0.15, -0.1) is 0 Å². The van der Waals surface area contributed by atoms with Crippen LogP contribution in [0.5, 0.6) is 5.75 Å². The van der Waals surface area contributed by atoms with Crippen molar-refractivity contribution in [3.63, 3.8) is 0 Å². The van der Waals surface area contributed by atoms with Crippen LogP contribution in [0.1, 0.15) is 18.5 Å². The molecule has 8 nitrogen and oxygen atoms in total. The Bertz CT molecular complexity index is 1080. The van der Waals surface area contributed by atoms with Gasteiger partial charge in [-0.05, 0) is 48.9 Å². The maximum atomic E-state index is 13.3. The Labute approximate surface area is 175 Å². The third-order valence-electron chi connectivity index (χ3n) is 5.11. The van der Waals surface area contributed by atoms with Crippen molar-refractivity contribution >= 4 is 23.2 Å². The van der Waals surface area contributed by atoms with E-state index in [4.69, 9.17) is 4.74 Å². The molecule has 0 saturated carbocycles. The summed E-state index contributed by atoms with van der Waals surface area (Å²) in [6, 6.07) is 14.9. The highest BCUT2D eigenvalue weighted by Gasteiger charge is 2.33. The summed E-state index contributed by atoms with van der Waals surface area (Å²) in [5.74, 6) is 1.14. The zero-order valence-corrected chi connectivity index (χ0v) is 17.4. The van der Waals surface area contributed by atoms with Gasteiger partial charge in [0.1, 0.15) is 18.1 Å². The van der Waals surface area contributed by atoms with Crippen LogP contribution in [0.15, 0.2) is 66.1 Å². The standard InChI is InChI=1S/C22H24N6O2/c1-14-19(21(29)26-16-7-11-18(30-4)12-8-16)20(28-22(25-14)23-13-24-28)15-5-9-17(10-6-15)27(2)3/h5-13,20H,1-4H3,(H,26,29)(H,23,24,25)/t20-/m1/s1. The predicted molar refractivity (Wildman–Crippen MR) is 117 cm³/mol.